The number of methoxy groups -OCH3 is 1. The van der Waals surface area contributed by atoms with E-state index in [0.29, 0.717) is 5.56 Å². The molecule has 3 heteroatoms. The predicted molar refractivity (Wildman–Crippen MR) is 77.5 cm³/mol. The van der Waals surface area contributed by atoms with Crippen LogP contribution in [-0.4, -0.2) is 18.9 Å². The van der Waals surface area contributed by atoms with Crippen molar-refractivity contribution < 1.29 is 14.3 Å². The summed E-state index contributed by atoms with van der Waals surface area (Å²) in [4.78, 5) is 23.4. The highest BCUT2D eigenvalue weighted by molar-refractivity contribution is 6.03. The van der Waals surface area contributed by atoms with E-state index in [1.807, 2.05) is 48.5 Å². The van der Waals surface area contributed by atoms with Crippen LogP contribution >= 0.6 is 0 Å². The standard InChI is InChI=1S/C17H16O3/c1-20-17(19)12-11-16(18)15-10-6-5-9-14(15)13-7-3-2-4-8-13/h2-10H,11-12H2,1H3. The molecular weight excluding hydrogens is 252 g/mol. The molecule has 102 valence electrons. The first kappa shape index (κ1) is 14.0. The quantitative estimate of drug-likeness (QED) is 0.616. The number of hydrogen-bond acceptors (Lipinski definition) is 3. The molecule has 0 amide bonds. The molecule has 0 fully saturated rings. The molecule has 2 aromatic rings. The van der Waals surface area contributed by atoms with Crippen molar-refractivity contribution >= 4 is 11.8 Å². The first-order valence-corrected chi connectivity index (χ1v) is 6.47. The summed E-state index contributed by atoms with van der Waals surface area (Å²) in [6, 6.07) is 17.2. The van der Waals surface area contributed by atoms with Crippen LogP contribution in [0.3, 0.4) is 0 Å². The van der Waals surface area contributed by atoms with Crippen LogP contribution in [0.15, 0.2) is 54.6 Å². The summed E-state index contributed by atoms with van der Waals surface area (Å²) in [7, 11) is 1.32. The number of esters is 1. The minimum Gasteiger partial charge on any atom is -0.469 e. The van der Waals surface area contributed by atoms with Gasteiger partial charge in [0.05, 0.1) is 13.5 Å². The van der Waals surface area contributed by atoms with E-state index in [2.05, 4.69) is 4.74 Å². The largest absolute Gasteiger partial charge is 0.469 e. The molecule has 0 radical (unpaired) electrons. The highest BCUT2D eigenvalue weighted by atomic mass is 16.5. The van der Waals surface area contributed by atoms with Crippen LogP contribution in [0.5, 0.6) is 0 Å². The molecule has 0 aromatic heterocycles. The third kappa shape index (κ3) is 3.32. The fraction of sp³-hybridized carbons (Fsp3) is 0.176. The number of ketones is 1. The zero-order chi connectivity index (χ0) is 14.4. The maximum absolute atomic E-state index is 12.3. The number of ether oxygens (including phenoxy) is 1. The summed E-state index contributed by atoms with van der Waals surface area (Å²) in [6.07, 6.45) is 0.273. The van der Waals surface area contributed by atoms with Gasteiger partial charge in [-0.05, 0) is 11.1 Å². The number of carbonyl (C=O) groups is 2. The molecule has 2 aromatic carbocycles. The zero-order valence-electron chi connectivity index (χ0n) is 11.3. The topological polar surface area (TPSA) is 43.4 Å². The van der Waals surface area contributed by atoms with Crippen molar-refractivity contribution in [3.05, 3.63) is 60.2 Å². The molecule has 0 heterocycles. The van der Waals surface area contributed by atoms with Gasteiger partial charge in [-0.2, -0.15) is 0 Å². The summed E-state index contributed by atoms with van der Waals surface area (Å²) in [5, 5.41) is 0. The van der Waals surface area contributed by atoms with Gasteiger partial charge in [0.25, 0.3) is 0 Å². The highest BCUT2D eigenvalue weighted by Crippen LogP contribution is 2.24. The second-order valence-electron chi connectivity index (χ2n) is 4.41. The molecule has 3 nitrogen and oxygen atoms in total. The van der Waals surface area contributed by atoms with Crippen LogP contribution in [0.2, 0.25) is 0 Å². The van der Waals surface area contributed by atoms with Gasteiger partial charge >= 0.3 is 5.97 Å². The van der Waals surface area contributed by atoms with E-state index in [1.54, 1.807) is 6.07 Å². The van der Waals surface area contributed by atoms with Crippen LogP contribution in [-0.2, 0) is 9.53 Å². The van der Waals surface area contributed by atoms with Crippen molar-refractivity contribution in [1.82, 2.24) is 0 Å². The van der Waals surface area contributed by atoms with Crippen molar-refractivity contribution in [2.24, 2.45) is 0 Å². The van der Waals surface area contributed by atoms with E-state index in [-0.39, 0.29) is 24.6 Å². The highest BCUT2D eigenvalue weighted by Gasteiger charge is 2.13. The van der Waals surface area contributed by atoms with Gasteiger partial charge in [0.15, 0.2) is 5.78 Å². The lowest BCUT2D eigenvalue weighted by Crippen LogP contribution is -2.07. The third-order valence-corrected chi connectivity index (χ3v) is 3.10. The lowest BCUT2D eigenvalue weighted by atomic mass is 9.95. The summed E-state index contributed by atoms with van der Waals surface area (Å²) in [5.41, 5.74) is 2.53. The molecule has 0 aliphatic rings. The number of benzene rings is 2. The fourth-order valence-electron chi connectivity index (χ4n) is 2.05. The van der Waals surface area contributed by atoms with E-state index in [1.165, 1.54) is 7.11 Å². The van der Waals surface area contributed by atoms with Gasteiger partial charge < -0.3 is 4.74 Å². The Hall–Kier alpha value is -2.42. The Morgan fingerprint density at radius 2 is 1.55 bits per heavy atom. The zero-order valence-corrected chi connectivity index (χ0v) is 11.3. The summed E-state index contributed by atoms with van der Waals surface area (Å²) in [5.74, 6) is -0.412. The number of rotatable bonds is 5. The summed E-state index contributed by atoms with van der Waals surface area (Å²) >= 11 is 0. The predicted octanol–water partition coefficient (Wildman–Crippen LogP) is 3.49. The third-order valence-electron chi connectivity index (χ3n) is 3.10. The number of hydrogen-bond donors (Lipinski definition) is 0. The van der Waals surface area contributed by atoms with Crippen LogP contribution in [0.25, 0.3) is 11.1 Å². The molecular formula is C17H16O3. The molecule has 0 spiro atoms. The normalized spacial score (nSPS) is 10.1. The molecule has 20 heavy (non-hydrogen) atoms. The minimum absolute atomic E-state index is 0.0464. The summed E-state index contributed by atoms with van der Waals surface area (Å²) < 4.78 is 4.56. The average molecular weight is 268 g/mol. The second-order valence-corrected chi connectivity index (χ2v) is 4.41. The van der Waals surface area contributed by atoms with Gasteiger partial charge in [0, 0.05) is 12.0 Å². The van der Waals surface area contributed by atoms with Gasteiger partial charge in [0.2, 0.25) is 0 Å². The Morgan fingerprint density at radius 1 is 0.900 bits per heavy atom. The molecule has 0 aliphatic carbocycles. The SMILES string of the molecule is COC(=O)CCC(=O)c1ccccc1-c1ccccc1. The Balaban J connectivity index is 2.24. The second kappa shape index (κ2) is 6.66. The average Bonchev–Trinajstić information content (AvgIpc) is 2.53. The number of carbonyl (C=O) groups excluding carboxylic acids is 2. The van der Waals surface area contributed by atoms with E-state index < -0.39 is 0 Å². The molecule has 0 unspecified atom stereocenters. The van der Waals surface area contributed by atoms with Crippen molar-refractivity contribution in [2.45, 2.75) is 12.8 Å². The van der Waals surface area contributed by atoms with Gasteiger partial charge in [-0.15, -0.1) is 0 Å². The van der Waals surface area contributed by atoms with E-state index in [0.717, 1.165) is 11.1 Å². The smallest absolute Gasteiger partial charge is 0.305 e. The Kier molecular flexibility index (Phi) is 4.66. The monoisotopic (exact) mass is 268 g/mol. The molecule has 0 atom stereocenters. The van der Waals surface area contributed by atoms with Gasteiger partial charge in [-0.3, -0.25) is 9.59 Å². The van der Waals surface area contributed by atoms with Crippen LogP contribution in [0.1, 0.15) is 23.2 Å². The molecule has 0 bridgehead atoms. The molecule has 0 saturated heterocycles. The van der Waals surface area contributed by atoms with Crippen LogP contribution in [0, 0.1) is 0 Å². The van der Waals surface area contributed by atoms with Crippen molar-refractivity contribution in [2.75, 3.05) is 7.11 Å². The van der Waals surface area contributed by atoms with Crippen LogP contribution < -0.4 is 0 Å². The van der Waals surface area contributed by atoms with Gasteiger partial charge in [0.1, 0.15) is 0 Å². The first-order chi connectivity index (χ1) is 9.72. The van der Waals surface area contributed by atoms with Crippen molar-refractivity contribution in [3.63, 3.8) is 0 Å². The Morgan fingerprint density at radius 3 is 2.25 bits per heavy atom. The minimum atomic E-state index is -0.365. The van der Waals surface area contributed by atoms with E-state index in [4.69, 9.17) is 0 Å². The first-order valence-electron chi connectivity index (χ1n) is 6.47. The maximum atomic E-state index is 12.3. The van der Waals surface area contributed by atoms with Gasteiger partial charge in [-0.1, -0.05) is 54.6 Å². The van der Waals surface area contributed by atoms with E-state index in [9.17, 15) is 9.59 Å². The molecule has 0 N–H and O–H groups in total. The van der Waals surface area contributed by atoms with Gasteiger partial charge in [-0.25, -0.2) is 0 Å². The maximum Gasteiger partial charge on any atom is 0.305 e. The van der Waals surface area contributed by atoms with E-state index >= 15 is 0 Å². The lowest BCUT2D eigenvalue weighted by molar-refractivity contribution is -0.140. The lowest BCUT2D eigenvalue weighted by Gasteiger charge is -2.08. The molecule has 0 saturated carbocycles. The molecule has 0 aliphatic heterocycles. The van der Waals surface area contributed by atoms with Crippen molar-refractivity contribution in [3.8, 4) is 11.1 Å². The van der Waals surface area contributed by atoms with Crippen molar-refractivity contribution in [1.29, 1.82) is 0 Å². The molecule has 2 rings (SSSR count). The Bertz CT molecular complexity index is 603. The number of Topliss-reactive ketones (excluding diaryl/α,β-unsaturated/α-hetero) is 1. The fourth-order valence-corrected chi connectivity index (χ4v) is 2.05. The summed E-state index contributed by atoms with van der Waals surface area (Å²) in [6.45, 7) is 0. The van der Waals surface area contributed by atoms with Crippen LogP contribution in [0.4, 0.5) is 0 Å². The Labute approximate surface area is 118 Å².